The third kappa shape index (κ3) is 1.02. The summed E-state index contributed by atoms with van der Waals surface area (Å²) in [5.41, 5.74) is -0.312. The maximum Gasteiger partial charge on any atom is 0.329 e. The van der Waals surface area contributed by atoms with Gasteiger partial charge in [0.15, 0.2) is 0 Å². The van der Waals surface area contributed by atoms with Gasteiger partial charge in [-0.15, -0.1) is 11.8 Å². The van der Waals surface area contributed by atoms with E-state index in [1.54, 1.807) is 16.7 Å². The number of methoxy groups -OCH3 is 1. The molecule has 0 spiro atoms. The average Bonchev–Trinajstić information content (AvgIpc) is 2.58. The summed E-state index contributed by atoms with van der Waals surface area (Å²) < 4.78 is 4.66. The van der Waals surface area contributed by atoms with Gasteiger partial charge in [-0.2, -0.15) is 0 Å². The van der Waals surface area contributed by atoms with Gasteiger partial charge in [-0.1, -0.05) is 0 Å². The predicted octanol–water partition coefficient (Wildman–Crippen LogP) is 0.469. The Bertz CT molecular complexity index is 302. The van der Waals surface area contributed by atoms with Crippen LogP contribution in [0.3, 0.4) is 0 Å². The van der Waals surface area contributed by atoms with Crippen LogP contribution in [0, 0.1) is 5.41 Å². The van der Waals surface area contributed by atoms with E-state index in [4.69, 9.17) is 0 Å². The number of carbonyl (C=O) groups excluding carboxylic acids is 2. The molecule has 0 unspecified atom stereocenters. The third-order valence-electron chi connectivity index (χ3n) is 2.88. The van der Waals surface area contributed by atoms with E-state index in [9.17, 15) is 9.59 Å². The molecule has 2 aliphatic rings. The number of carbonyl (C=O) groups is 2. The molecule has 0 radical (unpaired) electrons. The Morgan fingerprint density at radius 1 is 1.64 bits per heavy atom. The fraction of sp³-hybridized carbons (Fsp3) is 0.778. The van der Waals surface area contributed by atoms with Gasteiger partial charge in [0.2, 0.25) is 5.91 Å². The van der Waals surface area contributed by atoms with Crippen molar-refractivity contribution in [1.29, 1.82) is 0 Å². The van der Waals surface area contributed by atoms with E-state index in [0.29, 0.717) is 5.75 Å². The number of thioether (sulfide) groups is 1. The zero-order chi connectivity index (χ0) is 10.5. The van der Waals surface area contributed by atoms with Crippen molar-refractivity contribution >= 4 is 23.6 Å². The van der Waals surface area contributed by atoms with Crippen molar-refractivity contribution < 1.29 is 14.3 Å². The minimum atomic E-state index is -0.365. The number of nitrogens with zero attached hydrogens (tertiary/aromatic N) is 1. The first-order valence-corrected chi connectivity index (χ1v) is 5.57. The molecule has 0 aromatic heterocycles. The molecule has 2 heterocycles. The Balaban J connectivity index is 2.16. The summed E-state index contributed by atoms with van der Waals surface area (Å²) in [7, 11) is 1.36. The molecule has 2 fully saturated rings. The fourth-order valence-electron chi connectivity index (χ4n) is 2.00. The molecule has 0 aromatic carbocycles. The molecule has 0 N–H and O–H groups in total. The summed E-state index contributed by atoms with van der Waals surface area (Å²) in [5.74, 6) is 0.415. The van der Waals surface area contributed by atoms with Gasteiger partial charge >= 0.3 is 5.97 Å². The molecular formula is C9H13NO3S. The van der Waals surface area contributed by atoms with Gasteiger partial charge in [-0.05, 0) is 13.8 Å². The monoisotopic (exact) mass is 215 g/mol. The standard InChI is InChI=1S/C9H13NO3S/c1-9(2)7(12)10-5(6(11)13-3)4-14-8(9)10/h5,8H,4H2,1-3H3/t5-,8-/m1/s1. The highest BCUT2D eigenvalue weighted by atomic mass is 32.2. The molecule has 0 bridgehead atoms. The van der Waals surface area contributed by atoms with Crippen molar-refractivity contribution in [3.8, 4) is 0 Å². The lowest BCUT2D eigenvalue weighted by molar-refractivity contribution is -0.170. The zero-order valence-corrected chi connectivity index (χ0v) is 9.26. The van der Waals surface area contributed by atoms with E-state index in [-0.39, 0.29) is 28.7 Å². The highest BCUT2D eigenvalue weighted by Crippen LogP contribution is 2.50. The number of amides is 1. The number of β-lactam (4-membered cyclic amide) rings is 1. The van der Waals surface area contributed by atoms with Gasteiger partial charge in [0.05, 0.1) is 17.9 Å². The molecule has 1 amide bonds. The summed E-state index contributed by atoms with van der Waals surface area (Å²) in [6.45, 7) is 3.84. The van der Waals surface area contributed by atoms with Crippen LogP contribution < -0.4 is 0 Å². The molecule has 0 saturated carbocycles. The van der Waals surface area contributed by atoms with Crippen LogP contribution in [-0.4, -0.2) is 41.1 Å². The Morgan fingerprint density at radius 3 is 2.86 bits per heavy atom. The van der Waals surface area contributed by atoms with Crippen LogP contribution in [-0.2, 0) is 14.3 Å². The molecule has 2 saturated heterocycles. The molecule has 2 aliphatic heterocycles. The van der Waals surface area contributed by atoms with Gasteiger partial charge in [-0.3, -0.25) is 4.79 Å². The molecule has 4 nitrogen and oxygen atoms in total. The van der Waals surface area contributed by atoms with Crippen molar-refractivity contribution in [3.63, 3.8) is 0 Å². The van der Waals surface area contributed by atoms with Crippen LogP contribution in [0.1, 0.15) is 13.8 Å². The van der Waals surface area contributed by atoms with Crippen LogP contribution in [0.15, 0.2) is 0 Å². The van der Waals surface area contributed by atoms with Crippen molar-refractivity contribution in [1.82, 2.24) is 4.90 Å². The lowest BCUT2D eigenvalue weighted by Gasteiger charge is -2.49. The van der Waals surface area contributed by atoms with E-state index in [1.165, 1.54) is 7.11 Å². The van der Waals surface area contributed by atoms with E-state index in [1.807, 2.05) is 13.8 Å². The van der Waals surface area contributed by atoms with Gasteiger partial charge in [0.25, 0.3) is 0 Å². The summed E-state index contributed by atoms with van der Waals surface area (Å²) in [6.07, 6.45) is 0. The van der Waals surface area contributed by atoms with E-state index in [2.05, 4.69) is 4.74 Å². The molecule has 5 heteroatoms. The largest absolute Gasteiger partial charge is 0.467 e. The Labute approximate surface area is 87.0 Å². The van der Waals surface area contributed by atoms with Gasteiger partial charge in [0.1, 0.15) is 6.04 Å². The zero-order valence-electron chi connectivity index (χ0n) is 8.44. The van der Waals surface area contributed by atoms with E-state index < -0.39 is 0 Å². The van der Waals surface area contributed by atoms with Crippen molar-refractivity contribution in [3.05, 3.63) is 0 Å². The number of ether oxygens (including phenoxy) is 1. The minimum Gasteiger partial charge on any atom is -0.467 e. The first-order chi connectivity index (χ1) is 6.50. The molecule has 14 heavy (non-hydrogen) atoms. The summed E-state index contributed by atoms with van der Waals surface area (Å²) in [4.78, 5) is 24.7. The highest BCUT2D eigenvalue weighted by Gasteiger charge is 2.61. The van der Waals surface area contributed by atoms with Crippen molar-refractivity contribution in [2.75, 3.05) is 12.9 Å². The fourth-order valence-corrected chi connectivity index (χ4v) is 3.58. The normalized spacial score (nSPS) is 33.6. The van der Waals surface area contributed by atoms with Crippen molar-refractivity contribution in [2.45, 2.75) is 25.3 Å². The highest BCUT2D eigenvalue weighted by molar-refractivity contribution is 8.00. The molecule has 2 rings (SSSR count). The maximum atomic E-state index is 11.7. The predicted molar refractivity (Wildman–Crippen MR) is 52.7 cm³/mol. The lowest BCUT2D eigenvalue weighted by atomic mass is 9.81. The lowest BCUT2D eigenvalue weighted by Crippen LogP contribution is -2.66. The molecule has 0 aliphatic carbocycles. The van der Waals surface area contributed by atoms with Crippen LogP contribution in [0.2, 0.25) is 0 Å². The summed E-state index contributed by atoms with van der Waals surface area (Å²) in [5, 5.41) is 0.152. The quantitative estimate of drug-likeness (QED) is 0.471. The molecule has 2 atom stereocenters. The Kier molecular flexibility index (Phi) is 2.03. The number of esters is 1. The number of hydrogen-bond donors (Lipinski definition) is 0. The summed E-state index contributed by atoms with van der Waals surface area (Å²) >= 11 is 1.66. The van der Waals surface area contributed by atoms with Gasteiger partial charge in [-0.25, -0.2) is 4.79 Å². The number of rotatable bonds is 1. The van der Waals surface area contributed by atoms with Crippen LogP contribution in [0.5, 0.6) is 0 Å². The second kappa shape index (κ2) is 2.89. The second-order valence-corrected chi connectivity index (χ2v) is 5.27. The number of hydrogen-bond acceptors (Lipinski definition) is 4. The molecule has 78 valence electrons. The van der Waals surface area contributed by atoms with Crippen LogP contribution in [0.25, 0.3) is 0 Å². The first kappa shape index (κ1) is 9.83. The smallest absolute Gasteiger partial charge is 0.329 e. The summed E-state index contributed by atoms with van der Waals surface area (Å²) in [6, 6.07) is -0.365. The molecule has 0 aromatic rings. The van der Waals surface area contributed by atoms with Crippen molar-refractivity contribution in [2.24, 2.45) is 5.41 Å². The Hall–Kier alpha value is -0.710. The Morgan fingerprint density at radius 2 is 2.29 bits per heavy atom. The third-order valence-corrected chi connectivity index (χ3v) is 4.52. The SMILES string of the molecule is COC(=O)[C@H]1CS[C@H]2N1C(=O)C2(C)C. The second-order valence-electron chi connectivity index (χ2n) is 4.16. The van der Waals surface area contributed by atoms with E-state index >= 15 is 0 Å². The van der Waals surface area contributed by atoms with Gasteiger partial charge < -0.3 is 9.64 Å². The first-order valence-electron chi connectivity index (χ1n) is 4.52. The van der Waals surface area contributed by atoms with Crippen LogP contribution in [0.4, 0.5) is 0 Å². The van der Waals surface area contributed by atoms with E-state index in [0.717, 1.165) is 0 Å². The van der Waals surface area contributed by atoms with Gasteiger partial charge in [0, 0.05) is 5.75 Å². The maximum absolute atomic E-state index is 11.7. The molecular weight excluding hydrogens is 202 g/mol. The van der Waals surface area contributed by atoms with Crippen LogP contribution >= 0.6 is 11.8 Å². The minimum absolute atomic E-state index is 0.0582. The average molecular weight is 215 g/mol. The topological polar surface area (TPSA) is 46.6 Å². The number of fused-ring (bicyclic) bond motifs is 1.